The average Bonchev–Trinajstić information content (AvgIpc) is 3.30. The number of hydrogen-bond acceptors (Lipinski definition) is 5. The van der Waals surface area contributed by atoms with Gasteiger partial charge in [-0.25, -0.2) is 0 Å². The number of rotatable bonds is 51. The van der Waals surface area contributed by atoms with Crippen LogP contribution in [0.1, 0.15) is 284 Å². The number of hydrogen-bond donors (Lipinski definition) is 5. The van der Waals surface area contributed by atoms with E-state index in [4.69, 9.17) is 0 Å². The standard InChI is InChI=1S/C58H109NO5/c1-3-5-7-9-11-13-15-17-19-20-21-22-23-24-25-26-27-28-29-30-31-32-33-34-35-36-37-38-40-42-44-46-48-50-52-56(62)58(64)59-54(53-60)57(63)55(61)51-49-47-45-43-41-39-18-16-14-12-10-8-6-4-2/h16,18,23-24,26-27,43,45,54-57,60-63H,3-15,17,19-22,25,28-42,44,46-53H2,1-2H3,(H,59,64)/b18-16+,24-23-,27-26-,45-43+. The lowest BCUT2D eigenvalue weighted by Crippen LogP contribution is -2.53. The summed E-state index contributed by atoms with van der Waals surface area (Å²) in [5.74, 6) is -0.597. The Morgan fingerprint density at radius 1 is 0.391 bits per heavy atom. The van der Waals surface area contributed by atoms with Crippen molar-refractivity contribution in [2.24, 2.45) is 0 Å². The summed E-state index contributed by atoms with van der Waals surface area (Å²) < 4.78 is 0. The highest BCUT2D eigenvalue weighted by Gasteiger charge is 2.28. The van der Waals surface area contributed by atoms with E-state index in [9.17, 15) is 25.2 Å². The molecule has 0 aliphatic heterocycles. The van der Waals surface area contributed by atoms with E-state index in [0.717, 1.165) is 44.9 Å². The van der Waals surface area contributed by atoms with E-state index in [1.54, 1.807) is 0 Å². The Morgan fingerprint density at radius 2 is 0.703 bits per heavy atom. The van der Waals surface area contributed by atoms with Crippen molar-refractivity contribution < 1.29 is 25.2 Å². The first kappa shape index (κ1) is 62.3. The van der Waals surface area contributed by atoms with Crippen molar-refractivity contribution in [3.8, 4) is 0 Å². The molecule has 0 rings (SSSR count). The molecule has 0 aliphatic rings. The van der Waals surface area contributed by atoms with Crippen LogP contribution in [0.25, 0.3) is 0 Å². The lowest BCUT2D eigenvalue weighted by Gasteiger charge is -2.27. The molecule has 0 saturated heterocycles. The summed E-state index contributed by atoms with van der Waals surface area (Å²) in [5.41, 5.74) is 0. The zero-order valence-electron chi connectivity index (χ0n) is 42.5. The first-order valence-electron chi connectivity index (χ1n) is 28.0. The molecule has 0 spiro atoms. The largest absolute Gasteiger partial charge is 0.394 e. The van der Waals surface area contributed by atoms with Crippen LogP contribution in [0.5, 0.6) is 0 Å². The van der Waals surface area contributed by atoms with E-state index in [0.29, 0.717) is 19.3 Å². The van der Waals surface area contributed by atoms with Gasteiger partial charge in [0.15, 0.2) is 0 Å². The minimum Gasteiger partial charge on any atom is -0.394 e. The SMILES string of the molecule is CCCCCCC/C=C/CC/C=C/CCCC(O)C(O)C(CO)NC(=O)C(O)CCCCCCCCCCCCCCCCCC/C=C\C/C=C\CCCCCCCCCCCCC. The molecule has 0 saturated carbocycles. The van der Waals surface area contributed by atoms with E-state index in [1.807, 2.05) is 0 Å². The highest BCUT2D eigenvalue weighted by atomic mass is 16.3. The van der Waals surface area contributed by atoms with Crippen LogP contribution in [0.2, 0.25) is 0 Å². The summed E-state index contributed by atoms with van der Waals surface area (Å²) in [6, 6.07) is -1.01. The summed E-state index contributed by atoms with van der Waals surface area (Å²) in [4.78, 5) is 12.6. The van der Waals surface area contributed by atoms with Crippen molar-refractivity contribution >= 4 is 5.91 Å². The Hall–Kier alpha value is -1.73. The molecule has 1 amide bonds. The highest BCUT2D eigenvalue weighted by Crippen LogP contribution is 2.17. The van der Waals surface area contributed by atoms with Crippen molar-refractivity contribution in [3.63, 3.8) is 0 Å². The van der Waals surface area contributed by atoms with E-state index in [1.165, 1.54) is 205 Å². The highest BCUT2D eigenvalue weighted by molar-refractivity contribution is 5.80. The van der Waals surface area contributed by atoms with Crippen molar-refractivity contribution in [3.05, 3.63) is 48.6 Å². The van der Waals surface area contributed by atoms with Crippen molar-refractivity contribution in [2.75, 3.05) is 6.61 Å². The fourth-order valence-electron chi connectivity index (χ4n) is 8.57. The fraction of sp³-hybridized carbons (Fsp3) is 0.845. The molecule has 0 aromatic carbocycles. The molecule has 0 aromatic rings. The Bertz CT molecular complexity index is 1060. The normalized spacial score (nSPS) is 14.2. The van der Waals surface area contributed by atoms with Gasteiger partial charge in [-0.3, -0.25) is 4.79 Å². The molecule has 0 aromatic heterocycles. The van der Waals surface area contributed by atoms with Gasteiger partial charge >= 0.3 is 0 Å². The number of amides is 1. The second-order valence-electron chi connectivity index (χ2n) is 19.3. The summed E-state index contributed by atoms with van der Waals surface area (Å²) in [6.07, 6.45) is 66.2. The van der Waals surface area contributed by atoms with Gasteiger partial charge in [-0.15, -0.1) is 0 Å². The van der Waals surface area contributed by atoms with Crippen molar-refractivity contribution in [2.45, 2.75) is 308 Å². The third-order valence-electron chi connectivity index (χ3n) is 13.0. The molecule has 0 fully saturated rings. The van der Waals surface area contributed by atoms with Crippen LogP contribution in [0.4, 0.5) is 0 Å². The van der Waals surface area contributed by atoms with Crippen molar-refractivity contribution in [1.82, 2.24) is 5.32 Å². The van der Waals surface area contributed by atoms with Gasteiger partial charge in [-0.2, -0.15) is 0 Å². The predicted molar refractivity (Wildman–Crippen MR) is 279 cm³/mol. The second kappa shape index (κ2) is 52.2. The van der Waals surface area contributed by atoms with Crippen LogP contribution >= 0.6 is 0 Å². The van der Waals surface area contributed by atoms with Crippen molar-refractivity contribution in [1.29, 1.82) is 0 Å². The first-order chi connectivity index (χ1) is 31.5. The Kier molecular flexibility index (Phi) is 50.8. The van der Waals surface area contributed by atoms with E-state index in [2.05, 4.69) is 67.8 Å². The van der Waals surface area contributed by atoms with Gasteiger partial charge in [0.1, 0.15) is 12.2 Å². The third-order valence-corrected chi connectivity index (χ3v) is 13.0. The Morgan fingerprint density at radius 3 is 1.08 bits per heavy atom. The maximum Gasteiger partial charge on any atom is 0.249 e. The Balaban J connectivity index is 3.60. The molecular weight excluding hydrogens is 791 g/mol. The van der Waals surface area contributed by atoms with Gasteiger partial charge in [0, 0.05) is 0 Å². The number of unbranched alkanes of at least 4 members (excludes halogenated alkanes) is 34. The van der Waals surface area contributed by atoms with Gasteiger partial charge in [0.2, 0.25) is 5.91 Å². The summed E-state index contributed by atoms with van der Waals surface area (Å²) in [7, 11) is 0. The first-order valence-corrected chi connectivity index (χ1v) is 28.0. The van der Waals surface area contributed by atoms with Crippen LogP contribution in [-0.2, 0) is 4.79 Å². The van der Waals surface area contributed by atoms with Gasteiger partial charge in [0.05, 0.1) is 18.8 Å². The van der Waals surface area contributed by atoms with Crippen LogP contribution in [-0.4, -0.2) is 57.3 Å². The molecule has 0 bridgehead atoms. The number of aliphatic hydroxyl groups is 4. The monoisotopic (exact) mass is 900 g/mol. The molecule has 5 N–H and O–H groups in total. The average molecular weight is 901 g/mol. The van der Waals surface area contributed by atoms with E-state index >= 15 is 0 Å². The molecule has 4 unspecified atom stereocenters. The number of allylic oxidation sites excluding steroid dienone is 8. The van der Waals surface area contributed by atoms with Gasteiger partial charge in [0.25, 0.3) is 0 Å². The van der Waals surface area contributed by atoms with E-state index < -0.39 is 36.9 Å². The second-order valence-corrected chi connectivity index (χ2v) is 19.3. The minimum atomic E-state index is -1.29. The lowest BCUT2D eigenvalue weighted by atomic mass is 10.00. The molecule has 6 heteroatoms. The number of aliphatic hydroxyl groups excluding tert-OH is 4. The maximum atomic E-state index is 12.6. The van der Waals surface area contributed by atoms with Gasteiger partial charge < -0.3 is 25.7 Å². The number of carbonyl (C=O) groups is 1. The quantitative estimate of drug-likeness (QED) is 0.0309. The predicted octanol–water partition coefficient (Wildman–Crippen LogP) is 16.2. The van der Waals surface area contributed by atoms with E-state index in [-0.39, 0.29) is 0 Å². The number of carbonyl (C=O) groups excluding carboxylic acids is 1. The Labute approximate surface area is 398 Å². The smallest absolute Gasteiger partial charge is 0.249 e. The van der Waals surface area contributed by atoms with Crippen LogP contribution in [0.3, 0.4) is 0 Å². The van der Waals surface area contributed by atoms with Crippen LogP contribution in [0, 0.1) is 0 Å². The topological polar surface area (TPSA) is 110 Å². The zero-order valence-corrected chi connectivity index (χ0v) is 42.5. The number of nitrogens with one attached hydrogen (secondary N) is 1. The molecule has 4 atom stereocenters. The molecule has 0 aliphatic carbocycles. The maximum absolute atomic E-state index is 12.6. The minimum absolute atomic E-state index is 0.360. The summed E-state index contributed by atoms with van der Waals surface area (Å²) >= 11 is 0. The molecule has 0 heterocycles. The summed E-state index contributed by atoms with van der Waals surface area (Å²) in [5, 5.41) is 43.8. The van der Waals surface area contributed by atoms with Gasteiger partial charge in [-0.1, -0.05) is 249 Å². The molecule has 64 heavy (non-hydrogen) atoms. The fourth-order valence-corrected chi connectivity index (χ4v) is 8.57. The lowest BCUT2D eigenvalue weighted by molar-refractivity contribution is -0.132. The third kappa shape index (κ3) is 45.4. The molecule has 6 nitrogen and oxygen atoms in total. The molecule has 376 valence electrons. The zero-order chi connectivity index (χ0) is 46.7. The summed E-state index contributed by atoms with van der Waals surface area (Å²) in [6.45, 7) is 4.03. The van der Waals surface area contributed by atoms with Crippen LogP contribution < -0.4 is 5.32 Å². The van der Waals surface area contributed by atoms with Gasteiger partial charge in [-0.05, 0) is 83.5 Å². The molecular formula is C58H109NO5. The van der Waals surface area contributed by atoms with Crippen LogP contribution in [0.15, 0.2) is 48.6 Å². The molecule has 0 radical (unpaired) electrons.